The van der Waals surface area contributed by atoms with E-state index in [1.807, 2.05) is 17.7 Å². The third kappa shape index (κ3) is 4.94. The number of nitrogens with zero attached hydrogens (tertiary/aromatic N) is 5. The Hall–Kier alpha value is -3.24. The van der Waals surface area contributed by atoms with Crippen LogP contribution >= 0.6 is 22.9 Å². The maximum atomic E-state index is 11.3. The van der Waals surface area contributed by atoms with E-state index in [0.717, 1.165) is 71.8 Å². The normalized spacial score (nSPS) is 15.2. The van der Waals surface area contributed by atoms with Crippen molar-refractivity contribution < 1.29 is 14.6 Å². The molecule has 0 saturated carbocycles. The van der Waals surface area contributed by atoms with Crippen molar-refractivity contribution in [2.75, 3.05) is 19.8 Å². The lowest BCUT2D eigenvalue weighted by Crippen LogP contribution is -2.34. The lowest BCUT2D eigenvalue weighted by Gasteiger charge is -2.27. The average molecular weight is 550 g/mol. The SMILES string of the molecule is C1COC1.Cn1c(CN2CCn3c(nc4c(Cc5ccc(Cl)s5)cccc43)C2)nc2ccc(C(=O)O)cc21. The van der Waals surface area contributed by atoms with Crippen LogP contribution in [-0.2, 0) is 37.8 Å². The van der Waals surface area contributed by atoms with Crippen LogP contribution in [0, 0.1) is 0 Å². The van der Waals surface area contributed by atoms with Crippen LogP contribution in [-0.4, -0.2) is 54.8 Å². The topological polar surface area (TPSA) is 85.4 Å². The molecule has 0 atom stereocenters. The Bertz CT molecular complexity index is 1630. The molecule has 1 saturated heterocycles. The lowest BCUT2D eigenvalue weighted by atomic mass is 10.1. The molecule has 0 aliphatic carbocycles. The Kier molecular flexibility index (Phi) is 6.92. The first kappa shape index (κ1) is 25.1. The number of aromatic nitrogens is 4. The zero-order valence-corrected chi connectivity index (χ0v) is 22.6. The van der Waals surface area contributed by atoms with Gasteiger partial charge in [-0.1, -0.05) is 23.7 Å². The number of aryl methyl sites for hydroxylation is 1. The number of para-hydroxylation sites is 1. The first-order chi connectivity index (χ1) is 18.5. The highest BCUT2D eigenvalue weighted by Crippen LogP contribution is 2.29. The van der Waals surface area contributed by atoms with Gasteiger partial charge >= 0.3 is 5.97 Å². The van der Waals surface area contributed by atoms with Gasteiger partial charge in [0.25, 0.3) is 0 Å². The molecule has 0 unspecified atom stereocenters. The number of hydrogen-bond acceptors (Lipinski definition) is 6. The molecule has 0 radical (unpaired) electrons. The molecule has 196 valence electrons. The fraction of sp³-hybridized carbons (Fsp3) is 0.321. The Balaban J connectivity index is 0.000000606. The molecule has 8 nitrogen and oxygen atoms in total. The van der Waals surface area contributed by atoms with Crippen molar-refractivity contribution in [2.24, 2.45) is 7.05 Å². The van der Waals surface area contributed by atoms with E-state index in [1.165, 1.54) is 22.4 Å². The van der Waals surface area contributed by atoms with Gasteiger partial charge in [0.05, 0.1) is 45.1 Å². The van der Waals surface area contributed by atoms with Crippen LogP contribution in [0.4, 0.5) is 0 Å². The standard InChI is InChI=1S/C25H22ClN5O2S.C3H6O/c1-29-20-12-16(25(32)33)5-7-18(20)27-22(29)13-30-9-10-31-19-4-2-3-15(24(19)28-23(31)14-30)11-17-6-8-21(26)34-17;1-2-4-3-1/h2-8,12H,9-11,13-14H2,1H3,(H,32,33);1-3H2. The van der Waals surface area contributed by atoms with Crippen molar-refractivity contribution in [2.45, 2.75) is 32.5 Å². The van der Waals surface area contributed by atoms with Gasteiger partial charge in [-0.2, -0.15) is 0 Å². The first-order valence-electron chi connectivity index (χ1n) is 12.7. The lowest BCUT2D eigenvalue weighted by molar-refractivity contribution is 0.0367. The number of carboxylic acids is 1. The fourth-order valence-corrected chi connectivity index (χ4v) is 6.02. The summed E-state index contributed by atoms with van der Waals surface area (Å²) in [6, 6.07) is 15.5. The van der Waals surface area contributed by atoms with Crippen LogP contribution in [0.25, 0.3) is 22.1 Å². The fourth-order valence-electron chi connectivity index (χ4n) is 4.91. The summed E-state index contributed by atoms with van der Waals surface area (Å²) in [5.41, 5.74) is 5.37. The van der Waals surface area contributed by atoms with Crippen molar-refractivity contribution in [1.29, 1.82) is 0 Å². The summed E-state index contributed by atoms with van der Waals surface area (Å²) in [7, 11) is 1.94. The second-order valence-electron chi connectivity index (χ2n) is 9.62. The molecule has 2 aliphatic rings. The maximum Gasteiger partial charge on any atom is 0.335 e. The van der Waals surface area contributed by atoms with Gasteiger partial charge in [-0.3, -0.25) is 4.90 Å². The van der Waals surface area contributed by atoms with Gasteiger partial charge in [0.2, 0.25) is 0 Å². The third-order valence-electron chi connectivity index (χ3n) is 7.10. The summed E-state index contributed by atoms with van der Waals surface area (Å²) < 4.78 is 9.84. The zero-order valence-electron chi connectivity index (χ0n) is 21.1. The Morgan fingerprint density at radius 2 is 1.92 bits per heavy atom. The Morgan fingerprint density at radius 3 is 2.63 bits per heavy atom. The highest BCUT2D eigenvalue weighted by atomic mass is 35.5. The van der Waals surface area contributed by atoms with Crippen LogP contribution in [0.1, 0.15) is 38.9 Å². The van der Waals surface area contributed by atoms with E-state index in [2.05, 4.69) is 33.7 Å². The second-order valence-corrected chi connectivity index (χ2v) is 11.4. The maximum absolute atomic E-state index is 11.3. The predicted molar refractivity (Wildman–Crippen MR) is 149 cm³/mol. The minimum Gasteiger partial charge on any atom is -0.478 e. The average Bonchev–Trinajstić information content (AvgIpc) is 3.53. The predicted octanol–water partition coefficient (Wildman–Crippen LogP) is 5.35. The van der Waals surface area contributed by atoms with Gasteiger partial charge in [0.1, 0.15) is 11.6 Å². The van der Waals surface area contributed by atoms with Crippen LogP contribution in [0.3, 0.4) is 0 Å². The summed E-state index contributed by atoms with van der Waals surface area (Å²) in [4.78, 5) is 24.7. The molecule has 1 N–H and O–H groups in total. The third-order valence-corrected chi connectivity index (χ3v) is 8.33. The van der Waals surface area contributed by atoms with Gasteiger partial charge < -0.3 is 19.0 Å². The smallest absolute Gasteiger partial charge is 0.335 e. The van der Waals surface area contributed by atoms with Crippen molar-refractivity contribution in [1.82, 2.24) is 24.0 Å². The monoisotopic (exact) mass is 549 g/mol. The largest absolute Gasteiger partial charge is 0.478 e. The quantitative estimate of drug-likeness (QED) is 0.318. The van der Waals surface area contributed by atoms with E-state index in [-0.39, 0.29) is 5.56 Å². The second kappa shape index (κ2) is 10.5. The molecule has 38 heavy (non-hydrogen) atoms. The van der Waals surface area contributed by atoms with Crippen LogP contribution in [0.2, 0.25) is 4.34 Å². The number of rotatable bonds is 5. The van der Waals surface area contributed by atoms with Crippen LogP contribution < -0.4 is 0 Å². The Morgan fingerprint density at radius 1 is 1.11 bits per heavy atom. The van der Waals surface area contributed by atoms with Crippen LogP contribution in [0.15, 0.2) is 48.5 Å². The number of aromatic carboxylic acids is 1. The van der Waals surface area contributed by atoms with Gasteiger partial charge in [0, 0.05) is 44.6 Å². The molecule has 0 bridgehead atoms. The molecule has 3 aromatic heterocycles. The number of thiophene rings is 1. The molecular formula is C28H28ClN5O3S. The number of hydrogen-bond donors (Lipinski definition) is 1. The summed E-state index contributed by atoms with van der Waals surface area (Å²) in [6.07, 6.45) is 2.10. The molecular weight excluding hydrogens is 522 g/mol. The van der Waals surface area contributed by atoms with Crippen molar-refractivity contribution in [3.8, 4) is 0 Å². The number of imidazole rings is 2. The molecule has 2 aromatic carbocycles. The molecule has 0 amide bonds. The number of carboxylic acid groups (broad SMARTS) is 1. The first-order valence-corrected chi connectivity index (χ1v) is 13.9. The van der Waals surface area contributed by atoms with Crippen molar-refractivity contribution in [3.05, 3.63) is 80.5 Å². The van der Waals surface area contributed by atoms with Crippen LogP contribution in [0.5, 0.6) is 0 Å². The highest BCUT2D eigenvalue weighted by Gasteiger charge is 2.23. The van der Waals surface area contributed by atoms with Crippen molar-refractivity contribution >= 4 is 51.0 Å². The molecule has 5 heterocycles. The molecule has 2 aliphatic heterocycles. The van der Waals surface area contributed by atoms with E-state index < -0.39 is 5.97 Å². The van der Waals surface area contributed by atoms with E-state index in [0.29, 0.717) is 6.54 Å². The number of ether oxygens (including phenoxy) is 1. The molecule has 0 spiro atoms. The zero-order chi connectivity index (χ0) is 26.2. The summed E-state index contributed by atoms with van der Waals surface area (Å²) >= 11 is 7.74. The van der Waals surface area contributed by atoms with E-state index in [4.69, 9.17) is 26.3 Å². The van der Waals surface area contributed by atoms with E-state index >= 15 is 0 Å². The number of halogens is 1. The molecule has 1 fully saturated rings. The minimum atomic E-state index is -0.930. The van der Waals surface area contributed by atoms with Gasteiger partial charge in [-0.05, 0) is 48.4 Å². The molecule has 10 heteroatoms. The van der Waals surface area contributed by atoms with Crippen molar-refractivity contribution in [3.63, 3.8) is 0 Å². The summed E-state index contributed by atoms with van der Waals surface area (Å²) in [5.74, 6) is 1.04. The molecule has 7 rings (SSSR count). The molecule has 5 aromatic rings. The minimum absolute atomic E-state index is 0.273. The Labute approximate surface area is 229 Å². The summed E-state index contributed by atoms with van der Waals surface area (Å²) in [5, 5.41) is 9.31. The number of fused-ring (bicyclic) bond motifs is 4. The van der Waals surface area contributed by atoms with E-state index in [1.54, 1.807) is 29.5 Å². The highest BCUT2D eigenvalue weighted by molar-refractivity contribution is 7.16. The summed E-state index contributed by atoms with van der Waals surface area (Å²) in [6.45, 7) is 5.18. The van der Waals surface area contributed by atoms with E-state index in [9.17, 15) is 9.90 Å². The van der Waals surface area contributed by atoms with Gasteiger partial charge in [-0.15, -0.1) is 11.3 Å². The number of carbonyl (C=O) groups is 1. The van der Waals surface area contributed by atoms with Gasteiger partial charge in [-0.25, -0.2) is 14.8 Å². The van der Waals surface area contributed by atoms with Gasteiger partial charge in [0.15, 0.2) is 0 Å². The number of benzene rings is 2.